The summed E-state index contributed by atoms with van der Waals surface area (Å²) in [5.74, 6) is -0.792. The van der Waals surface area contributed by atoms with E-state index in [4.69, 9.17) is 4.74 Å². The molecule has 3 aromatic carbocycles. The van der Waals surface area contributed by atoms with Crippen molar-refractivity contribution in [1.82, 2.24) is 5.32 Å². The van der Waals surface area contributed by atoms with Crippen molar-refractivity contribution in [1.29, 1.82) is 0 Å². The van der Waals surface area contributed by atoms with E-state index in [2.05, 4.69) is 10.6 Å². The molecule has 4 rings (SSSR count). The summed E-state index contributed by atoms with van der Waals surface area (Å²) in [6.07, 6.45) is -2.96. The Kier molecular flexibility index (Phi) is 7.53. The van der Waals surface area contributed by atoms with Crippen LogP contribution in [0.2, 0.25) is 0 Å². The Bertz CT molecular complexity index is 1300. The van der Waals surface area contributed by atoms with Gasteiger partial charge in [-0.1, -0.05) is 0 Å². The van der Waals surface area contributed by atoms with Crippen molar-refractivity contribution in [3.05, 3.63) is 93.5 Å². The lowest BCUT2D eigenvalue weighted by Crippen LogP contribution is -2.37. The third kappa shape index (κ3) is 6.31. The first-order valence-corrected chi connectivity index (χ1v) is 11.4. The van der Waals surface area contributed by atoms with Crippen LogP contribution in [0.4, 0.5) is 24.5 Å². The zero-order valence-corrected chi connectivity index (χ0v) is 19.4. The number of rotatable bonds is 7. The van der Waals surface area contributed by atoms with Gasteiger partial charge in [-0.3, -0.25) is 19.7 Å². The molecule has 1 unspecified atom stereocenters. The molecule has 1 fully saturated rings. The maximum Gasteiger partial charge on any atom is 0.416 e. The lowest BCUT2D eigenvalue weighted by molar-refractivity contribution is -0.384. The highest BCUT2D eigenvalue weighted by molar-refractivity contribution is 6.14. The number of piperidine rings is 1. The molecule has 0 bridgehead atoms. The number of nitro groups is 1. The summed E-state index contributed by atoms with van der Waals surface area (Å²) in [7, 11) is 0. The summed E-state index contributed by atoms with van der Waals surface area (Å²) in [6.45, 7) is 1.33. The van der Waals surface area contributed by atoms with Gasteiger partial charge in [0.2, 0.25) is 5.91 Å². The first-order valence-electron chi connectivity index (χ1n) is 11.4. The zero-order valence-electron chi connectivity index (χ0n) is 19.4. The highest BCUT2D eigenvalue weighted by Gasteiger charge is 2.30. The van der Waals surface area contributed by atoms with Gasteiger partial charge in [-0.05, 0) is 74.0 Å². The van der Waals surface area contributed by atoms with Gasteiger partial charge < -0.3 is 15.4 Å². The van der Waals surface area contributed by atoms with Gasteiger partial charge in [0.1, 0.15) is 11.5 Å². The number of hydrogen-bond donors (Lipinski definition) is 2. The third-order valence-corrected chi connectivity index (χ3v) is 5.92. The van der Waals surface area contributed by atoms with Crippen LogP contribution in [-0.4, -0.2) is 29.7 Å². The van der Waals surface area contributed by atoms with Crippen molar-refractivity contribution in [3.8, 4) is 11.5 Å². The molecule has 11 heteroatoms. The van der Waals surface area contributed by atoms with Gasteiger partial charge in [0, 0.05) is 29.8 Å². The maximum atomic E-state index is 13.4. The second-order valence-electron chi connectivity index (χ2n) is 8.50. The Hall–Kier alpha value is -4.25. The average molecular weight is 513 g/mol. The second kappa shape index (κ2) is 10.8. The number of non-ortho nitro benzene ring substituents is 1. The molecule has 2 N–H and O–H groups in total. The summed E-state index contributed by atoms with van der Waals surface area (Å²) < 4.78 is 44.2. The first kappa shape index (κ1) is 25.8. The highest BCUT2D eigenvalue weighted by atomic mass is 19.4. The molecule has 3 aromatic rings. The minimum Gasteiger partial charge on any atom is -0.457 e. The Labute approximate surface area is 209 Å². The Morgan fingerprint density at radius 2 is 1.68 bits per heavy atom. The van der Waals surface area contributed by atoms with E-state index in [9.17, 15) is 32.9 Å². The fourth-order valence-corrected chi connectivity index (χ4v) is 3.93. The molecule has 8 nitrogen and oxygen atoms in total. The van der Waals surface area contributed by atoms with Crippen LogP contribution in [-0.2, 0) is 11.0 Å². The SMILES string of the molecule is O=C(c1ccc([N+](=O)[O-])cc1)c1cc(Oc2ccc(C(F)(F)F)cc2)ccc1NC(=O)C1CCCNC1. The van der Waals surface area contributed by atoms with E-state index in [-0.39, 0.29) is 45.8 Å². The number of benzene rings is 3. The molecule has 192 valence electrons. The van der Waals surface area contributed by atoms with Crippen LogP contribution in [0.3, 0.4) is 0 Å². The molecule has 1 amide bonds. The van der Waals surface area contributed by atoms with Gasteiger partial charge in [0.25, 0.3) is 5.69 Å². The minimum absolute atomic E-state index is 0.0652. The minimum atomic E-state index is -4.49. The van der Waals surface area contributed by atoms with Crippen LogP contribution in [0.5, 0.6) is 11.5 Å². The number of ketones is 1. The van der Waals surface area contributed by atoms with E-state index in [0.717, 1.165) is 37.2 Å². The molecule has 1 aliphatic heterocycles. The molecule has 37 heavy (non-hydrogen) atoms. The summed E-state index contributed by atoms with van der Waals surface area (Å²) >= 11 is 0. The van der Waals surface area contributed by atoms with Gasteiger partial charge in [-0.15, -0.1) is 0 Å². The zero-order chi connectivity index (χ0) is 26.6. The van der Waals surface area contributed by atoms with Crippen molar-refractivity contribution in [2.45, 2.75) is 19.0 Å². The number of anilines is 1. The smallest absolute Gasteiger partial charge is 0.416 e. The normalized spacial score (nSPS) is 15.6. The van der Waals surface area contributed by atoms with E-state index in [1.54, 1.807) is 0 Å². The van der Waals surface area contributed by atoms with Gasteiger partial charge in [-0.25, -0.2) is 0 Å². The van der Waals surface area contributed by atoms with Crippen LogP contribution in [0, 0.1) is 16.0 Å². The number of ether oxygens (including phenoxy) is 1. The molecular weight excluding hydrogens is 491 g/mol. The molecule has 0 aliphatic carbocycles. The number of carbonyl (C=O) groups excluding carboxylic acids is 2. The van der Waals surface area contributed by atoms with E-state index < -0.39 is 22.4 Å². The molecule has 1 aliphatic rings. The number of amides is 1. The number of nitrogens with one attached hydrogen (secondary N) is 2. The number of nitro benzene ring substituents is 1. The number of carbonyl (C=O) groups is 2. The first-order chi connectivity index (χ1) is 17.6. The predicted molar refractivity (Wildman–Crippen MR) is 129 cm³/mol. The molecule has 1 saturated heterocycles. The second-order valence-corrected chi connectivity index (χ2v) is 8.50. The number of halogens is 3. The highest BCUT2D eigenvalue weighted by Crippen LogP contribution is 2.33. The van der Waals surface area contributed by atoms with Gasteiger partial charge >= 0.3 is 6.18 Å². The average Bonchev–Trinajstić information content (AvgIpc) is 2.89. The van der Waals surface area contributed by atoms with Gasteiger partial charge in [0.05, 0.1) is 22.1 Å². The molecule has 1 atom stereocenters. The van der Waals surface area contributed by atoms with E-state index >= 15 is 0 Å². The van der Waals surface area contributed by atoms with Gasteiger partial charge in [-0.2, -0.15) is 13.2 Å². The summed E-state index contributed by atoms with van der Waals surface area (Å²) in [5.41, 5.74) is -0.584. The summed E-state index contributed by atoms with van der Waals surface area (Å²) in [5, 5.41) is 16.9. The largest absolute Gasteiger partial charge is 0.457 e. The molecule has 0 saturated carbocycles. The van der Waals surface area contributed by atoms with E-state index in [1.807, 2.05) is 0 Å². The maximum absolute atomic E-state index is 13.4. The van der Waals surface area contributed by atoms with Crippen LogP contribution in [0.25, 0.3) is 0 Å². The molecule has 0 aromatic heterocycles. The topological polar surface area (TPSA) is 111 Å². The number of nitrogens with zero attached hydrogens (tertiary/aromatic N) is 1. The molecule has 0 spiro atoms. The quantitative estimate of drug-likeness (QED) is 0.243. The Balaban J connectivity index is 1.63. The fourth-order valence-electron chi connectivity index (χ4n) is 3.93. The Morgan fingerprint density at radius 3 is 2.27 bits per heavy atom. The van der Waals surface area contributed by atoms with Gasteiger partial charge in [0.15, 0.2) is 5.78 Å². The van der Waals surface area contributed by atoms with Crippen LogP contribution in [0.1, 0.15) is 34.3 Å². The van der Waals surface area contributed by atoms with E-state index in [1.165, 1.54) is 42.5 Å². The lowest BCUT2D eigenvalue weighted by Gasteiger charge is -2.22. The van der Waals surface area contributed by atoms with Crippen LogP contribution in [0.15, 0.2) is 66.7 Å². The standard InChI is InChI=1S/C26H22F3N3O5/c27-26(28,29)18-5-9-20(10-6-18)37-21-11-12-23(31-25(34)17-2-1-13-30-15-17)22(14-21)24(33)16-3-7-19(8-4-16)32(35)36/h3-12,14,17,30H,1-2,13,15H2,(H,31,34). The Morgan fingerprint density at radius 1 is 1.00 bits per heavy atom. The van der Waals surface area contributed by atoms with Crippen molar-refractivity contribution in [3.63, 3.8) is 0 Å². The monoisotopic (exact) mass is 513 g/mol. The molecule has 1 heterocycles. The molecule has 0 radical (unpaired) electrons. The summed E-state index contributed by atoms with van der Waals surface area (Å²) in [4.78, 5) is 36.6. The van der Waals surface area contributed by atoms with E-state index in [0.29, 0.717) is 13.0 Å². The summed E-state index contributed by atoms with van der Waals surface area (Å²) in [6, 6.07) is 13.4. The lowest BCUT2D eigenvalue weighted by atomic mass is 9.97. The van der Waals surface area contributed by atoms with Crippen molar-refractivity contribution < 1.29 is 32.4 Å². The van der Waals surface area contributed by atoms with Crippen molar-refractivity contribution in [2.75, 3.05) is 18.4 Å². The number of alkyl halides is 3. The van der Waals surface area contributed by atoms with Crippen LogP contribution >= 0.6 is 0 Å². The number of hydrogen-bond acceptors (Lipinski definition) is 6. The van der Waals surface area contributed by atoms with Crippen LogP contribution < -0.4 is 15.4 Å². The fraction of sp³-hybridized carbons (Fsp3) is 0.231. The molecular formula is C26H22F3N3O5. The van der Waals surface area contributed by atoms with Crippen molar-refractivity contribution in [2.24, 2.45) is 5.92 Å². The third-order valence-electron chi connectivity index (χ3n) is 5.92. The van der Waals surface area contributed by atoms with Crippen molar-refractivity contribution >= 4 is 23.1 Å². The predicted octanol–water partition coefficient (Wildman–Crippen LogP) is 5.58.